The fourth-order valence-corrected chi connectivity index (χ4v) is 4.94. The summed E-state index contributed by atoms with van der Waals surface area (Å²) in [5.41, 5.74) is 6.63. The summed E-state index contributed by atoms with van der Waals surface area (Å²) in [4.78, 5) is 23.2. The first-order valence-electron chi connectivity index (χ1n) is 12.2. The number of nitrogens with zero attached hydrogens (tertiary/aromatic N) is 3. The van der Waals surface area contributed by atoms with E-state index in [9.17, 15) is 4.79 Å². The summed E-state index contributed by atoms with van der Waals surface area (Å²) >= 11 is 0. The van der Waals surface area contributed by atoms with Gasteiger partial charge in [-0.3, -0.25) is 0 Å². The fraction of sp³-hybridized carbons (Fsp3) is 0.129. The summed E-state index contributed by atoms with van der Waals surface area (Å²) < 4.78 is 7.75. The third-order valence-corrected chi connectivity index (χ3v) is 6.60. The highest BCUT2D eigenvalue weighted by atomic mass is 16.5. The van der Waals surface area contributed by atoms with Crippen LogP contribution in [0.5, 0.6) is 0 Å². The monoisotopic (exact) mass is 471 g/mol. The number of carbonyl (C=O) groups is 1. The number of para-hydroxylation sites is 3. The van der Waals surface area contributed by atoms with Crippen LogP contribution in [0.15, 0.2) is 85.1 Å². The molecule has 4 aromatic carbocycles. The largest absolute Gasteiger partial charge is 0.462 e. The average Bonchev–Trinajstić information content (AvgIpc) is 3.28. The number of aryl methyl sites for hydroxylation is 1. The quantitative estimate of drug-likeness (QED) is 0.117. The van der Waals surface area contributed by atoms with Crippen LogP contribution in [0.3, 0.4) is 0 Å². The van der Waals surface area contributed by atoms with Crippen LogP contribution in [-0.4, -0.2) is 27.1 Å². The molecule has 0 radical (unpaired) electrons. The van der Waals surface area contributed by atoms with Gasteiger partial charge in [-0.25, -0.2) is 14.8 Å². The maximum absolute atomic E-state index is 13.4. The molecule has 0 fully saturated rings. The molecule has 0 bridgehead atoms. The van der Waals surface area contributed by atoms with Crippen molar-refractivity contribution in [3.63, 3.8) is 0 Å². The highest BCUT2D eigenvalue weighted by Gasteiger charge is 2.20. The Morgan fingerprint density at radius 2 is 1.50 bits per heavy atom. The minimum atomic E-state index is -0.357. The third kappa shape index (κ3) is 3.60. The molecule has 0 unspecified atom stereocenters. The Morgan fingerprint density at radius 3 is 2.25 bits per heavy atom. The number of carbonyl (C=O) groups excluding carboxylic acids is 1. The van der Waals surface area contributed by atoms with E-state index in [0.717, 1.165) is 61.4 Å². The molecule has 0 N–H and O–H groups in total. The number of aromatic nitrogens is 3. The lowest BCUT2D eigenvalue weighted by Gasteiger charge is -2.13. The van der Waals surface area contributed by atoms with Gasteiger partial charge >= 0.3 is 5.97 Å². The topological polar surface area (TPSA) is 57.0 Å². The van der Waals surface area contributed by atoms with E-state index in [1.807, 2.05) is 79.7 Å². The van der Waals surface area contributed by atoms with E-state index in [-0.39, 0.29) is 5.97 Å². The molecule has 0 spiro atoms. The predicted octanol–water partition coefficient (Wildman–Crippen LogP) is 7.01. The van der Waals surface area contributed by atoms with Crippen molar-refractivity contribution in [2.24, 2.45) is 0 Å². The molecular formula is C31H25N3O2. The molecular weight excluding hydrogens is 446 g/mol. The zero-order valence-electron chi connectivity index (χ0n) is 20.2. The van der Waals surface area contributed by atoms with Gasteiger partial charge in [0.1, 0.15) is 0 Å². The van der Waals surface area contributed by atoms with Gasteiger partial charge in [0, 0.05) is 34.6 Å². The van der Waals surface area contributed by atoms with Gasteiger partial charge < -0.3 is 9.30 Å². The first kappa shape index (κ1) is 22.0. The second kappa shape index (κ2) is 8.93. The van der Waals surface area contributed by atoms with Crippen molar-refractivity contribution in [3.8, 4) is 0 Å². The van der Waals surface area contributed by atoms with Crippen LogP contribution in [0, 0.1) is 0 Å². The maximum Gasteiger partial charge on any atom is 0.338 e. The first-order valence-corrected chi connectivity index (χ1v) is 12.2. The first-order chi connectivity index (χ1) is 17.7. The van der Waals surface area contributed by atoms with Crippen molar-refractivity contribution in [1.82, 2.24) is 14.5 Å². The summed E-state index contributed by atoms with van der Waals surface area (Å²) in [6.07, 6.45) is 4.05. The summed E-state index contributed by atoms with van der Waals surface area (Å²) in [7, 11) is 0. The number of hydrogen-bond donors (Lipinski definition) is 0. The lowest BCUT2D eigenvalue weighted by molar-refractivity contribution is -0.136. The molecule has 2 heterocycles. The summed E-state index contributed by atoms with van der Waals surface area (Å²) in [5.74, 6) is -0.357. The van der Waals surface area contributed by atoms with Crippen LogP contribution in [-0.2, 0) is 16.1 Å². The van der Waals surface area contributed by atoms with E-state index < -0.39 is 0 Å². The lowest BCUT2D eigenvalue weighted by Crippen LogP contribution is -2.08. The molecule has 36 heavy (non-hydrogen) atoms. The fourth-order valence-electron chi connectivity index (χ4n) is 4.94. The molecule has 2 aromatic heterocycles. The predicted molar refractivity (Wildman–Crippen MR) is 147 cm³/mol. The van der Waals surface area contributed by atoms with Crippen molar-refractivity contribution < 1.29 is 9.53 Å². The minimum Gasteiger partial charge on any atom is -0.462 e. The SMILES string of the molecule is CCOC(=O)/C(=C/c1cn(CC)c2ccccc12)c1cc2nc3ccccc3nc2c2ccccc12. The summed E-state index contributed by atoms with van der Waals surface area (Å²) in [6, 6.07) is 26.1. The molecule has 0 aliphatic carbocycles. The Labute approximate surface area is 208 Å². The number of benzene rings is 4. The second-order valence-corrected chi connectivity index (χ2v) is 8.72. The number of ether oxygens (including phenoxy) is 1. The van der Waals surface area contributed by atoms with E-state index in [2.05, 4.69) is 29.8 Å². The van der Waals surface area contributed by atoms with Gasteiger partial charge in [0.05, 0.1) is 34.2 Å². The standard InChI is InChI=1S/C31H25N3O2/c1-3-34-19-20(21-11-7-10-16-29(21)34)17-25(31(35)36-4-2)24-18-28-30(23-13-6-5-12-22(23)24)33-27-15-9-8-14-26(27)32-28/h5-19H,3-4H2,1-2H3/b25-17+. The van der Waals surface area contributed by atoms with E-state index in [4.69, 9.17) is 14.7 Å². The van der Waals surface area contributed by atoms with Crippen LogP contribution in [0.2, 0.25) is 0 Å². The van der Waals surface area contributed by atoms with Crippen molar-refractivity contribution in [2.75, 3.05) is 6.61 Å². The molecule has 0 saturated heterocycles. The van der Waals surface area contributed by atoms with Crippen molar-refractivity contribution >= 4 is 61.4 Å². The average molecular weight is 472 g/mol. The zero-order valence-corrected chi connectivity index (χ0v) is 20.2. The van der Waals surface area contributed by atoms with E-state index in [1.165, 1.54) is 0 Å². The molecule has 0 aliphatic rings. The van der Waals surface area contributed by atoms with Crippen molar-refractivity contribution in [3.05, 3.63) is 96.2 Å². The van der Waals surface area contributed by atoms with Crippen LogP contribution >= 0.6 is 0 Å². The Balaban J connectivity index is 1.68. The Hall–Kier alpha value is -4.51. The van der Waals surface area contributed by atoms with E-state index in [1.54, 1.807) is 0 Å². The second-order valence-electron chi connectivity index (χ2n) is 8.72. The van der Waals surface area contributed by atoms with Crippen molar-refractivity contribution in [2.45, 2.75) is 20.4 Å². The van der Waals surface area contributed by atoms with Crippen LogP contribution in [0.1, 0.15) is 25.0 Å². The third-order valence-electron chi connectivity index (χ3n) is 6.60. The smallest absolute Gasteiger partial charge is 0.338 e. The lowest BCUT2D eigenvalue weighted by atomic mass is 9.95. The zero-order chi connectivity index (χ0) is 24.6. The normalized spacial score (nSPS) is 12.1. The van der Waals surface area contributed by atoms with E-state index in [0.29, 0.717) is 12.2 Å². The van der Waals surface area contributed by atoms with Gasteiger partial charge in [0.2, 0.25) is 0 Å². The van der Waals surface area contributed by atoms with Crippen molar-refractivity contribution in [1.29, 1.82) is 0 Å². The molecule has 5 heteroatoms. The van der Waals surface area contributed by atoms with Crippen LogP contribution in [0.4, 0.5) is 0 Å². The van der Waals surface area contributed by atoms with Crippen LogP contribution < -0.4 is 0 Å². The Kier molecular flexibility index (Phi) is 5.45. The number of hydrogen-bond acceptors (Lipinski definition) is 4. The Morgan fingerprint density at radius 1 is 0.833 bits per heavy atom. The molecule has 5 nitrogen and oxygen atoms in total. The summed E-state index contributed by atoms with van der Waals surface area (Å²) in [6.45, 7) is 5.08. The molecule has 6 aromatic rings. The highest BCUT2D eigenvalue weighted by molar-refractivity contribution is 6.27. The molecule has 176 valence electrons. The minimum absolute atomic E-state index is 0.294. The molecule has 0 amide bonds. The molecule has 6 rings (SSSR count). The highest BCUT2D eigenvalue weighted by Crippen LogP contribution is 2.34. The van der Waals surface area contributed by atoms with E-state index >= 15 is 0 Å². The van der Waals surface area contributed by atoms with Crippen LogP contribution in [0.25, 0.3) is 55.4 Å². The van der Waals surface area contributed by atoms with Gasteiger partial charge in [-0.05, 0) is 55.1 Å². The molecule has 0 atom stereocenters. The van der Waals surface area contributed by atoms with Gasteiger partial charge in [-0.15, -0.1) is 0 Å². The molecule has 0 saturated carbocycles. The van der Waals surface area contributed by atoms with Gasteiger partial charge in [0.25, 0.3) is 0 Å². The van der Waals surface area contributed by atoms with Gasteiger partial charge in [0.15, 0.2) is 0 Å². The van der Waals surface area contributed by atoms with Gasteiger partial charge in [-0.2, -0.15) is 0 Å². The Bertz CT molecular complexity index is 1810. The number of esters is 1. The number of fused-ring (bicyclic) bond motifs is 5. The summed E-state index contributed by atoms with van der Waals surface area (Å²) in [5, 5.41) is 2.99. The van der Waals surface area contributed by atoms with Gasteiger partial charge in [-0.1, -0.05) is 54.6 Å². The molecule has 0 aliphatic heterocycles. The number of rotatable bonds is 5. The maximum atomic E-state index is 13.4.